The molecule has 0 spiro atoms. The van der Waals surface area contributed by atoms with Crippen molar-refractivity contribution in [3.05, 3.63) is 59.2 Å². The normalized spacial score (nSPS) is 19.6. The Morgan fingerprint density at radius 3 is 2.77 bits per heavy atom. The fraction of sp³-hybridized carbons (Fsp3) is 0.278. The summed E-state index contributed by atoms with van der Waals surface area (Å²) < 4.78 is 0. The second-order valence-electron chi connectivity index (χ2n) is 5.98. The first kappa shape index (κ1) is 13.3. The maximum Gasteiger partial charge on any atom is 0.346 e. The predicted octanol–water partition coefficient (Wildman–Crippen LogP) is 3.14. The van der Waals surface area contributed by atoms with Gasteiger partial charge in [0.15, 0.2) is 0 Å². The third-order valence-electron chi connectivity index (χ3n) is 4.41. The van der Waals surface area contributed by atoms with Gasteiger partial charge in [0.2, 0.25) is 0 Å². The lowest BCUT2D eigenvalue weighted by Crippen LogP contribution is -2.10. The standard InChI is InChI=1S/C18H18N3O/c22-18-20-16-10-13(8-12-4-2-1-3-5-12)9-15(17(16)21-18)14-6-7-19-11-14/h1-5,9-10,14,19H,6-8,11H2,(H,20,22). The van der Waals surface area contributed by atoms with Crippen molar-refractivity contribution in [2.75, 3.05) is 18.4 Å². The van der Waals surface area contributed by atoms with Gasteiger partial charge in [0.25, 0.3) is 0 Å². The molecule has 2 aliphatic heterocycles. The van der Waals surface area contributed by atoms with Crippen LogP contribution >= 0.6 is 0 Å². The lowest BCUT2D eigenvalue weighted by molar-refractivity contribution is 0.256. The lowest BCUT2D eigenvalue weighted by Gasteiger charge is -2.15. The topological polar surface area (TPSA) is 55.2 Å². The highest BCUT2D eigenvalue weighted by atomic mass is 16.2. The quantitative estimate of drug-likeness (QED) is 0.913. The summed E-state index contributed by atoms with van der Waals surface area (Å²) in [6.45, 7) is 1.99. The minimum absolute atomic E-state index is 0.251. The number of hydrogen-bond acceptors (Lipinski definition) is 2. The summed E-state index contributed by atoms with van der Waals surface area (Å²) in [4.78, 5) is 11.6. The van der Waals surface area contributed by atoms with Crippen LogP contribution in [0.5, 0.6) is 0 Å². The zero-order valence-corrected chi connectivity index (χ0v) is 12.3. The Morgan fingerprint density at radius 2 is 2.00 bits per heavy atom. The smallest absolute Gasteiger partial charge is 0.316 e. The Balaban J connectivity index is 1.72. The van der Waals surface area contributed by atoms with Gasteiger partial charge in [0.1, 0.15) is 0 Å². The van der Waals surface area contributed by atoms with Crippen LogP contribution in [0.3, 0.4) is 0 Å². The highest BCUT2D eigenvalue weighted by molar-refractivity contribution is 6.03. The van der Waals surface area contributed by atoms with Gasteiger partial charge in [0, 0.05) is 6.54 Å². The Hall–Kier alpha value is -2.33. The number of urea groups is 1. The molecule has 0 aliphatic carbocycles. The molecular weight excluding hydrogens is 274 g/mol. The first-order chi connectivity index (χ1) is 10.8. The number of carbonyl (C=O) groups excluding carboxylic acids is 1. The predicted molar refractivity (Wildman–Crippen MR) is 86.7 cm³/mol. The second-order valence-corrected chi connectivity index (χ2v) is 5.98. The summed E-state index contributed by atoms with van der Waals surface area (Å²) in [5.74, 6) is 0.445. The van der Waals surface area contributed by atoms with E-state index in [1.807, 2.05) is 6.07 Å². The highest BCUT2D eigenvalue weighted by Crippen LogP contribution is 2.39. The molecule has 2 N–H and O–H groups in total. The molecule has 4 heteroatoms. The van der Waals surface area contributed by atoms with Gasteiger partial charge in [-0.2, -0.15) is 5.32 Å². The molecule has 1 saturated heterocycles. The van der Waals surface area contributed by atoms with Crippen LogP contribution in [0, 0.1) is 0 Å². The maximum atomic E-state index is 11.6. The van der Waals surface area contributed by atoms with Crippen LogP contribution in [0.1, 0.15) is 29.0 Å². The van der Waals surface area contributed by atoms with Crippen LogP contribution in [-0.4, -0.2) is 19.1 Å². The molecule has 0 saturated carbocycles. The molecule has 111 valence electrons. The van der Waals surface area contributed by atoms with E-state index in [-0.39, 0.29) is 6.03 Å². The third kappa shape index (κ3) is 2.46. The molecule has 1 atom stereocenters. The summed E-state index contributed by atoms with van der Waals surface area (Å²) in [5.41, 5.74) is 5.41. The molecule has 2 aromatic rings. The van der Waals surface area contributed by atoms with Crippen LogP contribution in [0.2, 0.25) is 0 Å². The molecule has 4 nitrogen and oxygen atoms in total. The molecular formula is C18H18N3O. The van der Waals surface area contributed by atoms with Crippen molar-refractivity contribution < 1.29 is 4.79 Å². The molecule has 0 aromatic heterocycles. The fourth-order valence-electron chi connectivity index (χ4n) is 3.35. The maximum absolute atomic E-state index is 11.6. The van der Waals surface area contributed by atoms with E-state index in [1.165, 1.54) is 16.7 Å². The SMILES string of the molecule is O=C1[N]c2c(cc(Cc3ccccc3)cc2C2CCNC2)N1. The van der Waals surface area contributed by atoms with Crippen LogP contribution in [0.4, 0.5) is 16.2 Å². The van der Waals surface area contributed by atoms with Crippen molar-refractivity contribution in [2.24, 2.45) is 0 Å². The molecule has 1 unspecified atom stereocenters. The van der Waals surface area contributed by atoms with Crippen molar-refractivity contribution >= 4 is 17.4 Å². The van der Waals surface area contributed by atoms with Crippen molar-refractivity contribution in [3.63, 3.8) is 0 Å². The monoisotopic (exact) mass is 292 g/mol. The molecule has 1 fully saturated rings. The average molecular weight is 292 g/mol. The number of anilines is 1. The van der Waals surface area contributed by atoms with Crippen molar-refractivity contribution in [1.82, 2.24) is 10.6 Å². The number of hydrogen-bond donors (Lipinski definition) is 2. The fourth-order valence-corrected chi connectivity index (χ4v) is 3.35. The van der Waals surface area contributed by atoms with E-state index in [0.717, 1.165) is 37.3 Å². The first-order valence-corrected chi connectivity index (χ1v) is 7.74. The van der Waals surface area contributed by atoms with E-state index in [0.29, 0.717) is 5.92 Å². The number of amides is 2. The summed E-state index contributed by atoms with van der Waals surface area (Å²) in [7, 11) is 0. The zero-order valence-electron chi connectivity index (χ0n) is 12.3. The van der Waals surface area contributed by atoms with Crippen LogP contribution in [-0.2, 0) is 6.42 Å². The minimum atomic E-state index is -0.251. The van der Waals surface area contributed by atoms with E-state index in [9.17, 15) is 4.79 Å². The van der Waals surface area contributed by atoms with E-state index >= 15 is 0 Å². The van der Waals surface area contributed by atoms with Gasteiger partial charge in [-0.3, -0.25) is 0 Å². The zero-order chi connectivity index (χ0) is 14.9. The number of benzene rings is 2. The largest absolute Gasteiger partial charge is 0.346 e. The summed E-state index contributed by atoms with van der Waals surface area (Å²) in [6.07, 6.45) is 1.97. The Morgan fingerprint density at radius 1 is 1.14 bits per heavy atom. The molecule has 0 bridgehead atoms. The van der Waals surface area contributed by atoms with E-state index in [2.05, 4.69) is 52.3 Å². The Bertz CT molecular complexity index is 706. The molecule has 2 amide bonds. The van der Waals surface area contributed by atoms with Gasteiger partial charge in [-0.25, -0.2) is 4.79 Å². The lowest BCUT2D eigenvalue weighted by atomic mass is 9.92. The van der Waals surface area contributed by atoms with Gasteiger partial charge in [-0.1, -0.05) is 36.4 Å². The Kier molecular flexibility index (Phi) is 3.31. The number of carbonyl (C=O) groups is 1. The first-order valence-electron chi connectivity index (χ1n) is 7.74. The molecule has 2 heterocycles. The van der Waals surface area contributed by atoms with E-state index in [1.54, 1.807) is 0 Å². The molecule has 2 aromatic carbocycles. The number of nitrogens with one attached hydrogen (secondary N) is 2. The van der Waals surface area contributed by atoms with Gasteiger partial charge >= 0.3 is 6.03 Å². The highest BCUT2D eigenvalue weighted by Gasteiger charge is 2.28. The molecule has 22 heavy (non-hydrogen) atoms. The van der Waals surface area contributed by atoms with Gasteiger partial charge < -0.3 is 10.6 Å². The number of nitrogens with zero attached hydrogens (tertiary/aromatic N) is 1. The Labute approximate surface area is 129 Å². The van der Waals surface area contributed by atoms with Gasteiger partial charge in [0.05, 0.1) is 11.4 Å². The molecule has 4 rings (SSSR count). The van der Waals surface area contributed by atoms with E-state index < -0.39 is 0 Å². The summed E-state index contributed by atoms with van der Waals surface area (Å²) in [5, 5.41) is 10.4. The van der Waals surface area contributed by atoms with E-state index in [4.69, 9.17) is 0 Å². The van der Waals surface area contributed by atoms with Crippen LogP contribution in [0.25, 0.3) is 0 Å². The van der Waals surface area contributed by atoms with Crippen molar-refractivity contribution in [1.29, 1.82) is 0 Å². The number of fused-ring (bicyclic) bond motifs is 1. The van der Waals surface area contributed by atoms with Crippen molar-refractivity contribution in [2.45, 2.75) is 18.8 Å². The third-order valence-corrected chi connectivity index (χ3v) is 4.41. The van der Waals surface area contributed by atoms with Gasteiger partial charge in [-0.15, -0.1) is 0 Å². The van der Waals surface area contributed by atoms with Crippen LogP contribution < -0.4 is 16.0 Å². The summed E-state index contributed by atoms with van der Waals surface area (Å²) in [6, 6.07) is 14.4. The van der Waals surface area contributed by atoms with Crippen molar-refractivity contribution in [3.8, 4) is 0 Å². The second kappa shape index (κ2) is 5.46. The van der Waals surface area contributed by atoms with Crippen LogP contribution in [0.15, 0.2) is 42.5 Å². The molecule has 2 aliphatic rings. The average Bonchev–Trinajstić information content (AvgIpc) is 3.16. The summed E-state index contributed by atoms with van der Waals surface area (Å²) >= 11 is 0. The van der Waals surface area contributed by atoms with Gasteiger partial charge in [-0.05, 0) is 48.1 Å². The molecule has 1 radical (unpaired) electrons. The minimum Gasteiger partial charge on any atom is -0.316 e. The number of rotatable bonds is 3.